The van der Waals surface area contributed by atoms with E-state index in [1.54, 1.807) is 4.90 Å². The number of nitrogens with zero attached hydrogens (tertiary/aromatic N) is 3. The molecule has 22 heavy (non-hydrogen) atoms. The van der Waals surface area contributed by atoms with Crippen LogP contribution in [0, 0.1) is 11.6 Å². The van der Waals surface area contributed by atoms with Crippen molar-refractivity contribution >= 4 is 35.6 Å². The summed E-state index contributed by atoms with van der Waals surface area (Å²) in [6, 6.07) is 4.11. The van der Waals surface area contributed by atoms with Gasteiger partial charge in [0.2, 0.25) is 0 Å². The molecule has 2 rings (SSSR count). The molecule has 1 atom stereocenters. The Bertz CT molecular complexity index is 502. The van der Waals surface area contributed by atoms with Gasteiger partial charge in [-0.1, -0.05) is 6.07 Å². The van der Waals surface area contributed by atoms with Gasteiger partial charge in [-0.2, -0.15) is 0 Å². The van der Waals surface area contributed by atoms with Gasteiger partial charge in [0.05, 0.1) is 0 Å². The SMILES string of the molecule is CCN=C(NC1CCN(c2c(F)cccc2F)C1)N(C)C.I. The molecule has 0 aromatic heterocycles. The fourth-order valence-corrected chi connectivity index (χ4v) is 2.52. The average Bonchev–Trinajstić information content (AvgIpc) is 2.86. The maximum atomic E-state index is 13.8. The fourth-order valence-electron chi connectivity index (χ4n) is 2.52. The van der Waals surface area contributed by atoms with Crippen LogP contribution in [-0.4, -0.2) is 50.6 Å². The van der Waals surface area contributed by atoms with E-state index >= 15 is 0 Å². The highest BCUT2D eigenvalue weighted by atomic mass is 127. The summed E-state index contributed by atoms with van der Waals surface area (Å²) >= 11 is 0. The van der Waals surface area contributed by atoms with Gasteiger partial charge >= 0.3 is 0 Å². The summed E-state index contributed by atoms with van der Waals surface area (Å²) in [5, 5.41) is 3.34. The highest BCUT2D eigenvalue weighted by molar-refractivity contribution is 14.0. The summed E-state index contributed by atoms with van der Waals surface area (Å²) in [5.41, 5.74) is 0.0700. The maximum absolute atomic E-state index is 13.8. The summed E-state index contributed by atoms with van der Waals surface area (Å²) in [5.74, 6) is -0.213. The molecule has 124 valence electrons. The van der Waals surface area contributed by atoms with Crippen LogP contribution in [0.3, 0.4) is 0 Å². The number of nitrogens with one attached hydrogen (secondary N) is 1. The molecule has 0 radical (unpaired) electrons. The lowest BCUT2D eigenvalue weighted by Crippen LogP contribution is -2.44. The second-order valence-corrected chi connectivity index (χ2v) is 5.34. The maximum Gasteiger partial charge on any atom is 0.193 e. The van der Waals surface area contributed by atoms with Crippen molar-refractivity contribution in [2.75, 3.05) is 38.6 Å². The molecule has 0 aliphatic carbocycles. The normalized spacial score (nSPS) is 18.1. The van der Waals surface area contributed by atoms with Gasteiger partial charge in [0, 0.05) is 39.8 Å². The molecule has 1 aromatic rings. The Morgan fingerprint density at radius 2 is 2.00 bits per heavy atom. The molecule has 0 spiro atoms. The number of hydrogen-bond acceptors (Lipinski definition) is 2. The summed E-state index contributed by atoms with van der Waals surface area (Å²) < 4.78 is 27.6. The van der Waals surface area contributed by atoms with Crippen LogP contribution in [0.4, 0.5) is 14.5 Å². The standard InChI is InChI=1S/C15H22F2N4.HI/c1-4-18-15(20(2)3)19-11-8-9-21(10-11)14-12(16)6-5-7-13(14)17;/h5-7,11H,4,8-10H2,1-3H3,(H,18,19);1H. The molecular formula is C15H23F2IN4. The molecule has 7 heteroatoms. The van der Waals surface area contributed by atoms with Crippen molar-refractivity contribution in [1.82, 2.24) is 10.2 Å². The molecule has 1 aliphatic rings. The number of guanidine groups is 1. The Balaban J connectivity index is 0.00000242. The second kappa shape index (κ2) is 8.50. The Labute approximate surface area is 147 Å². The minimum Gasteiger partial charge on any atom is -0.365 e. The average molecular weight is 424 g/mol. The lowest BCUT2D eigenvalue weighted by molar-refractivity contribution is 0.544. The lowest BCUT2D eigenvalue weighted by atomic mass is 10.2. The molecule has 4 nitrogen and oxygen atoms in total. The van der Waals surface area contributed by atoms with Crippen LogP contribution in [0.15, 0.2) is 23.2 Å². The smallest absolute Gasteiger partial charge is 0.193 e. The third-order valence-corrected chi connectivity index (χ3v) is 3.51. The van der Waals surface area contributed by atoms with Crippen LogP contribution < -0.4 is 10.2 Å². The molecular weight excluding hydrogens is 401 g/mol. The predicted molar refractivity (Wildman–Crippen MR) is 97.2 cm³/mol. The minimum absolute atomic E-state index is 0. The Kier molecular flexibility index (Phi) is 7.31. The topological polar surface area (TPSA) is 30.9 Å². The number of halogens is 3. The van der Waals surface area contributed by atoms with Gasteiger partial charge in [-0.3, -0.25) is 4.99 Å². The van der Waals surface area contributed by atoms with E-state index in [4.69, 9.17) is 0 Å². The third-order valence-electron chi connectivity index (χ3n) is 3.51. The molecule has 1 fully saturated rings. The van der Waals surface area contributed by atoms with Gasteiger partial charge in [0.1, 0.15) is 17.3 Å². The summed E-state index contributed by atoms with van der Waals surface area (Å²) in [7, 11) is 3.84. The quantitative estimate of drug-likeness (QED) is 0.460. The number of para-hydroxylation sites is 1. The van der Waals surface area contributed by atoms with E-state index in [0.717, 1.165) is 12.4 Å². The third kappa shape index (κ3) is 4.44. The van der Waals surface area contributed by atoms with Crippen molar-refractivity contribution < 1.29 is 8.78 Å². The molecule has 1 aliphatic heterocycles. The second-order valence-electron chi connectivity index (χ2n) is 5.34. The van der Waals surface area contributed by atoms with E-state index in [9.17, 15) is 8.78 Å². The highest BCUT2D eigenvalue weighted by Crippen LogP contribution is 2.26. The molecule has 1 saturated heterocycles. The summed E-state index contributed by atoms with van der Waals surface area (Å²) in [6.45, 7) is 3.86. The van der Waals surface area contributed by atoms with Crippen molar-refractivity contribution in [2.45, 2.75) is 19.4 Å². The van der Waals surface area contributed by atoms with Gasteiger partial charge in [-0.25, -0.2) is 8.78 Å². The first kappa shape index (κ1) is 18.9. The van der Waals surface area contributed by atoms with Crippen LogP contribution in [0.5, 0.6) is 0 Å². The predicted octanol–water partition coefficient (Wildman–Crippen LogP) is 2.69. The van der Waals surface area contributed by atoms with Crippen LogP contribution in [0.25, 0.3) is 0 Å². The van der Waals surface area contributed by atoms with Gasteiger partial charge in [0.25, 0.3) is 0 Å². The van der Waals surface area contributed by atoms with Crippen molar-refractivity contribution in [3.05, 3.63) is 29.8 Å². The fraction of sp³-hybridized carbons (Fsp3) is 0.533. The highest BCUT2D eigenvalue weighted by Gasteiger charge is 2.27. The van der Waals surface area contributed by atoms with Crippen molar-refractivity contribution in [2.24, 2.45) is 4.99 Å². The number of aliphatic imine (C=N–C) groups is 1. The molecule has 0 saturated carbocycles. The van der Waals surface area contributed by atoms with Gasteiger partial charge < -0.3 is 15.1 Å². The van der Waals surface area contributed by atoms with E-state index in [-0.39, 0.29) is 35.7 Å². The van der Waals surface area contributed by atoms with Gasteiger partial charge in [-0.15, -0.1) is 24.0 Å². The number of benzene rings is 1. The Hall–Kier alpha value is -1.12. The molecule has 1 N–H and O–H groups in total. The van der Waals surface area contributed by atoms with Gasteiger partial charge in [0.15, 0.2) is 5.96 Å². The molecule has 1 heterocycles. The van der Waals surface area contributed by atoms with E-state index in [1.807, 2.05) is 25.9 Å². The number of rotatable bonds is 3. The van der Waals surface area contributed by atoms with E-state index in [0.29, 0.717) is 19.6 Å². The Morgan fingerprint density at radius 3 is 2.55 bits per heavy atom. The van der Waals surface area contributed by atoms with E-state index < -0.39 is 11.6 Å². The molecule has 0 amide bonds. The van der Waals surface area contributed by atoms with Crippen molar-refractivity contribution in [1.29, 1.82) is 0 Å². The zero-order valence-corrected chi connectivity index (χ0v) is 15.5. The zero-order chi connectivity index (χ0) is 15.4. The zero-order valence-electron chi connectivity index (χ0n) is 13.1. The first-order valence-corrected chi connectivity index (χ1v) is 7.20. The first-order valence-electron chi connectivity index (χ1n) is 7.20. The minimum atomic E-state index is -0.509. The summed E-state index contributed by atoms with van der Waals surface area (Å²) in [6.07, 6.45) is 0.824. The first-order chi connectivity index (χ1) is 10.0. The Morgan fingerprint density at radius 1 is 1.36 bits per heavy atom. The lowest BCUT2D eigenvalue weighted by Gasteiger charge is -2.23. The molecule has 0 bridgehead atoms. The van der Waals surface area contributed by atoms with E-state index in [1.165, 1.54) is 18.2 Å². The van der Waals surface area contributed by atoms with Gasteiger partial charge in [-0.05, 0) is 25.5 Å². The van der Waals surface area contributed by atoms with Crippen LogP contribution in [-0.2, 0) is 0 Å². The van der Waals surface area contributed by atoms with Crippen molar-refractivity contribution in [3.63, 3.8) is 0 Å². The molecule has 1 unspecified atom stereocenters. The van der Waals surface area contributed by atoms with E-state index in [2.05, 4.69) is 10.3 Å². The largest absolute Gasteiger partial charge is 0.365 e. The van der Waals surface area contributed by atoms with Crippen LogP contribution >= 0.6 is 24.0 Å². The number of anilines is 1. The van der Waals surface area contributed by atoms with Crippen LogP contribution in [0.2, 0.25) is 0 Å². The monoisotopic (exact) mass is 424 g/mol. The van der Waals surface area contributed by atoms with Crippen LogP contribution in [0.1, 0.15) is 13.3 Å². The number of hydrogen-bond donors (Lipinski definition) is 1. The molecule has 1 aromatic carbocycles. The van der Waals surface area contributed by atoms with Crippen molar-refractivity contribution in [3.8, 4) is 0 Å². The summed E-state index contributed by atoms with van der Waals surface area (Å²) in [4.78, 5) is 8.05.